The summed E-state index contributed by atoms with van der Waals surface area (Å²) in [6.07, 6.45) is 5.66. The molecule has 0 bridgehead atoms. The summed E-state index contributed by atoms with van der Waals surface area (Å²) in [5.74, 6) is 6.54. The maximum absolute atomic E-state index is 5.47. The molecule has 0 aliphatic rings. The van der Waals surface area contributed by atoms with E-state index in [0.717, 1.165) is 18.7 Å². The highest BCUT2D eigenvalue weighted by atomic mass is 16.5. The Morgan fingerprint density at radius 2 is 2.40 bits per heavy atom. The minimum absolute atomic E-state index is 0.107. The second kappa shape index (κ2) is 5.85. The third-order valence-electron chi connectivity index (χ3n) is 2.75. The highest BCUT2D eigenvalue weighted by Gasteiger charge is 2.15. The van der Waals surface area contributed by atoms with Crippen molar-refractivity contribution in [2.24, 2.45) is 12.9 Å². The van der Waals surface area contributed by atoms with Crippen molar-refractivity contribution in [3.8, 4) is 0 Å². The smallest absolute Gasteiger partial charge is 0.108 e. The number of ether oxygens (including phenoxy) is 1. The molecule has 15 heavy (non-hydrogen) atoms. The molecule has 5 nitrogen and oxygen atoms in total. The predicted octanol–water partition coefficient (Wildman–Crippen LogP) is 0.220. The second-order valence-electron chi connectivity index (χ2n) is 3.71. The van der Waals surface area contributed by atoms with Crippen LogP contribution in [0.5, 0.6) is 0 Å². The SMILES string of the molecule is COC(C)C(CCc1nccn1C)NN. The number of aromatic nitrogens is 2. The van der Waals surface area contributed by atoms with E-state index in [1.165, 1.54) is 0 Å². The van der Waals surface area contributed by atoms with Crippen molar-refractivity contribution in [3.63, 3.8) is 0 Å². The van der Waals surface area contributed by atoms with Gasteiger partial charge in [-0.15, -0.1) is 0 Å². The van der Waals surface area contributed by atoms with E-state index in [1.54, 1.807) is 13.3 Å². The van der Waals surface area contributed by atoms with Crippen LogP contribution in [0.3, 0.4) is 0 Å². The number of methoxy groups -OCH3 is 1. The molecule has 1 rings (SSSR count). The fraction of sp³-hybridized carbons (Fsp3) is 0.700. The summed E-state index contributed by atoms with van der Waals surface area (Å²) < 4.78 is 7.25. The van der Waals surface area contributed by atoms with Crippen LogP contribution in [-0.2, 0) is 18.2 Å². The third kappa shape index (κ3) is 3.30. The molecule has 0 radical (unpaired) electrons. The lowest BCUT2D eigenvalue weighted by molar-refractivity contribution is 0.0800. The summed E-state index contributed by atoms with van der Waals surface area (Å²) in [6, 6.07) is 0.159. The molecule has 1 aromatic heterocycles. The van der Waals surface area contributed by atoms with E-state index in [-0.39, 0.29) is 12.1 Å². The number of rotatable bonds is 6. The number of nitrogens with two attached hydrogens (primary N) is 1. The second-order valence-corrected chi connectivity index (χ2v) is 3.71. The molecule has 2 unspecified atom stereocenters. The molecular weight excluding hydrogens is 192 g/mol. The van der Waals surface area contributed by atoms with Crippen molar-refractivity contribution in [3.05, 3.63) is 18.2 Å². The summed E-state index contributed by atoms with van der Waals surface area (Å²) in [4.78, 5) is 4.26. The topological polar surface area (TPSA) is 65.1 Å². The molecule has 1 aromatic rings. The minimum atomic E-state index is 0.107. The third-order valence-corrected chi connectivity index (χ3v) is 2.75. The first-order valence-electron chi connectivity index (χ1n) is 5.14. The van der Waals surface area contributed by atoms with Crippen molar-refractivity contribution in [2.75, 3.05) is 7.11 Å². The predicted molar refractivity (Wildman–Crippen MR) is 59.1 cm³/mol. The van der Waals surface area contributed by atoms with E-state index >= 15 is 0 Å². The van der Waals surface area contributed by atoms with E-state index in [2.05, 4.69) is 10.4 Å². The van der Waals surface area contributed by atoms with Gasteiger partial charge in [-0.25, -0.2) is 4.98 Å². The fourth-order valence-corrected chi connectivity index (χ4v) is 1.54. The molecule has 2 atom stereocenters. The Hall–Kier alpha value is -0.910. The van der Waals surface area contributed by atoms with Crippen LogP contribution in [0.4, 0.5) is 0 Å². The highest BCUT2D eigenvalue weighted by Crippen LogP contribution is 2.06. The van der Waals surface area contributed by atoms with Gasteiger partial charge in [0.05, 0.1) is 6.10 Å². The van der Waals surface area contributed by atoms with Gasteiger partial charge in [0.2, 0.25) is 0 Å². The molecule has 86 valence electrons. The van der Waals surface area contributed by atoms with Crippen LogP contribution in [0.25, 0.3) is 0 Å². The number of imidazole rings is 1. The molecule has 3 N–H and O–H groups in total. The van der Waals surface area contributed by atoms with Crippen molar-refractivity contribution >= 4 is 0 Å². The van der Waals surface area contributed by atoms with Gasteiger partial charge >= 0.3 is 0 Å². The zero-order chi connectivity index (χ0) is 11.3. The van der Waals surface area contributed by atoms with Crippen LogP contribution in [0.1, 0.15) is 19.2 Å². The molecule has 5 heteroatoms. The standard InChI is InChI=1S/C10H20N4O/c1-8(15-3)9(13-11)4-5-10-12-6-7-14(10)2/h6-9,13H,4-5,11H2,1-3H3. The largest absolute Gasteiger partial charge is 0.380 e. The first kappa shape index (κ1) is 12.2. The van der Waals surface area contributed by atoms with Gasteiger partial charge in [0.15, 0.2) is 0 Å². The van der Waals surface area contributed by atoms with Gasteiger partial charge in [0.25, 0.3) is 0 Å². The van der Waals surface area contributed by atoms with E-state index in [0.29, 0.717) is 0 Å². The van der Waals surface area contributed by atoms with Gasteiger partial charge in [-0.1, -0.05) is 0 Å². The fourth-order valence-electron chi connectivity index (χ4n) is 1.54. The van der Waals surface area contributed by atoms with Gasteiger partial charge in [-0.2, -0.15) is 0 Å². The van der Waals surface area contributed by atoms with Crippen molar-refractivity contribution in [1.29, 1.82) is 0 Å². The summed E-state index contributed by atoms with van der Waals surface area (Å²) >= 11 is 0. The Morgan fingerprint density at radius 3 is 2.87 bits per heavy atom. The Kier molecular flexibility index (Phi) is 4.74. The Labute approximate surface area is 90.6 Å². The molecule has 0 saturated carbocycles. The van der Waals surface area contributed by atoms with Crippen LogP contribution < -0.4 is 11.3 Å². The molecule has 0 aromatic carbocycles. The van der Waals surface area contributed by atoms with Crippen LogP contribution in [0, 0.1) is 0 Å². The van der Waals surface area contributed by atoms with Crippen molar-refractivity contribution in [1.82, 2.24) is 15.0 Å². The van der Waals surface area contributed by atoms with Crippen LogP contribution in [0.15, 0.2) is 12.4 Å². The van der Waals surface area contributed by atoms with E-state index in [1.807, 2.05) is 24.7 Å². The molecular formula is C10H20N4O. The van der Waals surface area contributed by atoms with Crippen LogP contribution in [0.2, 0.25) is 0 Å². The van der Waals surface area contributed by atoms with Gasteiger partial charge in [-0.3, -0.25) is 11.3 Å². The Balaban J connectivity index is 2.44. The maximum Gasteiger partial charge on any atom is 0.108 e. The number of nitrogens with one attached hydrogen (secondary N) is 1. The number of hydrogen-bond acceptors (Lipinski definition) is 4. The first-order valence-corrected chi connectivity index (χ1v) is 5.14. The van der Waals surface area contributed by atoms with E-state index in [4.69, 9.17) is 10.6 Å². The van der Waals surface area contributed by atoms with Crippen molar-refractivity contribution < 1.29 is 4.74 Å². The summed E-state index contributed by atoms with van der Waals surface area (Å²) in [6.45, 7) is 2.00. The minimum Gasteiger partial charge on any atom is -0.380 e. The van der Waals surface area contributed by atoms with E-state index < -0.39 is 0 Å². The molecule has 1 heterocycles. The van der Waals surface area contributed by atoms with Crippen LogP contribution >= 0.6 is 0 Å². The average Bonchev–Trinajstić information content (AvgIpc) is 2.65. The normalized spacial score (nSPS) is 15.2. The maximum atomic E-state index is 5.47. The number of hydrazine groups is 1. The summed E-state index contributed by atoms with van der Waals surface area (Å²) in [7, 11) is 3.68. The monoisotopic (exact) mass is 212 g/mol. The summed E-state index contributed by atoms with van der Waals surface area (Å²) in [5, 5.41) is 0. The van der Waals surface area contributed by atoms with Gasteiger partial charge < -0.3 is 9.30 Å². The summed E-state index contributed by atoms with van der Waals surface area (Å²) in [5.41, 5.74) is 2.77. The molecule has 0 aliphatic heterocycles. The number of nitrogens with zero attached hydrogens (tertiary/aromatic N) is 2. The van der Waals surface area contributed by atoms with Gasteiger partial charge in [-0.05, 0) is 13.3 Å². The Morgan fingerprint density at radius 1 is 1.67 bits per heavy atom. The molecule has 0 spiro atoms. The van der Waals surface area contributed by atoms with Crippen LogP contribution in [-0.4, -0.2) is 28.8 Å². The zero-order valence-electron chi connectivity index (χ0n) is 9.60. The van der Waals surface area contributed by atoms with Crippen molar-refractivity contribution in [2.45, 2.75) is 31.9 Å². The quantitative estimate of drug-likeness (QED) is 0.523. The highest BCUT2D eigenvalue weighted by molar-refractivity contribution is 4.92. The number of aryl methyl sites for hydroxylation is 2. The lowest BCUT2D eigenvalue weighted by Gasteiger charge is -2.21. The van der Waals surface area contributed by atoms with Gasteiger partial charge in [0.1, 0.15) is 5.82 Å². The van der Waals surface area contributed by atoms with E-state index in [9.17, 15) is 0 Å². The van der Waals surface area contributed by atoms with Gasteiger partial charge in [0, 0.05) is 39.0 Å². The lowest BCUT2D eigenvalue weighted by Crippen LogP contribution is -2.43. The Bertz CT molecular complexity index is 287. The number of hydrogen-bond donors (Lipinski definition) is 2. The first-order chi connectivity index (χ1) is 7.19. The molecule has 0 fully saturated rings. The average molecular weight is 212 g/mol. The molecule has 0 saturated heterocycles. The lowest BCUT2D eigenvalue weighted by atomic mass is 10.1. The molecule has 0 aliphatic carbocycles. The zero-order valence-corrected chi connectivity index (χ0v) is 9.60. The molecule has 0 amide bonds.